The van der Waals surface area contributed by atoms with E-state index in [4.69, 9.17) is 5.73 Å². The van der Waals surface area contributed by atoms with Crippen LogP contribution in [0.15, 0.2) is 24.3 Å². The SMILES string of the molecule is NCC1C2CN(Cc3cccc(O)c3)CC12. The Labute approximate surface area is 95.9 Å². The summed E-state index contributed by atoms with van der Waals surface area (Å²) in [6.07, 6.45) is 0. The summed E-state index contributed by atoms with van der Waals surface area (Å²) in [7, 11) is 0. The predicted molar refractivity (Wildman–Crippen MR) is 62.9 cm³/mol. The summed E-state index contributed by atoms with van der Waals surface area (Å²) in [6, 6.07) is 7.55. The second-order valence-electron chi connectivity index (χ2n) is 5.09. The van der Waals surface area contributed by atoms with Crippen LogP contribution in [0.4, 0.5) is 0 Å². The average Bonchev–Trinajstić information content (AvgIpc) is 2.73. The summed E-state index contributed by atoms with van der Waals surface area (Å²) in [5, 5.41) is 9.39. The van der Waals surface area contributed by atoms with Gasteiger partial charge in [0.05, 0.1) is 0 Å². The molecular formula is C13H18N2O. The second-order valence-corrected chi connectivity index (χ2v) is 5.09. The third-order valence-electron chi connectivity index (χ3n) is 4.04. The van der Waals surface area contributed by atoms with Gasteiger partial charge in [0.2, 0.25) is 0 Å². The highest BCUT2D eigenvalue weighted by Crippen LogP contribution is 2.51. The van der Waals surface area contributed by atoms with Gasteiger partial charge in [-0.1, -0.05) is 12.1 Å². The van der Waals surface area contributed by atoms with Crippen LogP contribution in [0.25, 0.3) is 0 Å². The first kappa shape index (κ1) is 10.1. The molecule has 1 aliphatic heterocycles. The van der Waals surface area contributed by atoms with Crippen LogP contribution in [-0.4, -0.2) is 29.6 Å². The van der Waals surface area contributed by atoms with Crippen molar-refractivity contribution in [1.29, 1.82) is 0 Å². The van der Waals surface area contributed by atoms with Crippen molar-refractivity contribution in [2.45, 2.75) is 6.54 Å². The zero-order valence-corrected chi connectivity index (χ0v) is 9.34. The van der Waals surface area contributed by atoms with Crippen LogP contribution < -0.4 is 5.73 Å². The maximum absolute atomic E-state index is 9.39. The van der Waals surface area contributed by atoms with Gasteiger partial charge in [-0.15, -0.1) is 0 Å². The molecule has 3 rings (SSSR count). The van der Waals surface area contributed by atoms with Crippen LogP contribution in [0.5, 0.6) is 5.75 Å². The molecule has 1 heterocycles. The number of nitrogens with zero attached hydrogens (tertiary/aromatic N) is 1. The number of phenols is 1. The van der Waals surface area contributed by atoms with Gasteiger partial charge in [-0.05, 0) is 42.0 Å². The molecule has 1 saturated heterocycles. The Morgan fingerprint density at radius 2 is 2.06 bits per heavy atom. The van der Waals surface area contributed by atoms with E-state index in [-0.39, 0.29) is 0 Å². The van der Waals surface area contributed by atoms with E-state index in [1.807, 2.05) is 12.1 Å². The van der Waals surface area contributed by atoms with Crippen molar-refractivity contribution in [3.63, 3.8) is 0 Å². The van der Waals surface area contributed by atoms with E-state index in [1.54, 1.807) is 6.07 Å². The third kappa shape index (κ3) is 1.70. The smallest absolute Gasteiger partial charge is 0.115 e. The number of piperidine rings is 1. The number of nitrogens with two attached hydrogens (primary N) is 1. The van der Waals surface area contributed by atoms with Crippen LogP contribution >= 0.6 is 0 Å². The molecule has 3 N–H and O–H groups in total. The van der Waals surface area contributed by atoms with Gasteiger partial charge in [0.15, 0.2) is 0 Å². The fraction of sp³-hybridized carbons (Fsp3) is 0.538. The van der Waals surface area contributed by atoms with Gasteiger partial charge in [-0.2, -0.15) is 0 Å². The maximum Gasteiger partial charge on any atom is 0.115 e. The minimum atomic E-state index is 0.363. The summed E-state index contributed by atoms with van der Waals surface area (Å²) in [5.74, 6) is 2.85. The van der Waals surface area contributed by atoms with Crippen LogP contribution in [-0.2, 0) is 6.54 Å². The molecule has 0 radical (unpaired) electrons. The summed E-state index contributed by atoms with van der Waals surface area (Å²) in [4.78, 5) is 2.47. The molecule has 2 unspecified atom stereocenters. The second kappa shape index (κ2) is 3.75. The summed E-state index contributed by atoms with van der Waals surface area (Å²) in [5.41, 5.74) is 6.89. The highest BCUT2D eigenvalue weighted by atomic mass is 16.3. The van der Waals surface area contributed by atoms with E-state index in [9.17, 15) is 5.11 Å². The van der Waals surface area contributed by atoms with Crippen molar-refractivity contribution in [1.82, 2.24) is 4.90 Å². The number of hydrogen-bond donors (Lipinski definition) is 2. The van der Waals surface area contributed by atoms with Gasteiger partial charge in [-0.3, -0.25) is 4.90 Å². The Kier molecular flexibility index (Phi) is 2.37. The van der Waals surface area contributed by atoms with Crippen molar-refractivity contribution in [2.75, 3.05) is 19.6 Å². The predicted octanol–water partition coefficient (Wildman–Crippen LogP) is 1.03. The minimum Gasteiger partial charge on any atom is -0.508 e. The Morgan fingerprint density at radius 3 is 2.69 bits per heavy atom. The quantitative estimate of drug-likeness (QED) is 0.796. The van der Waals surface area contributed by atoms with Gasteiger partial charge in [0, 0.05) is 19.6 Å². The summed E-state index contributed by atoms with van der Waals surface area (Å²) >= 11 is 0. The number of phenolic OH excluding ortho intramolecular Hbond substituents is 1. The molecule has 16 heavy (non-hydrogen) atoms. The van der Waals surface area contributed by atoms with Crippen LogP contribution in [0.3, 0.4) is 0 Å². The van der Waals surface area contributed by atoms with Crippen molar-refractivity contribution in [3.8, 4) is 5.75 Å². The lowest BCUT2D eigenvalue weighted by Gasteiger charge is -2.19. The number of fused-ring (bicyclic) bond motifs is 1. The Balaban J connectivity index is 1.58. The maximum atomic E-state index is 9.39. The number of benzene rings is 1. The van der Waals surface area contributed by atoms with Crippen LogP contribution in [0.2, 0.25) is 0 Å². The molecule has 1 aromatic rings. The molecule has 2 fully saturated rings. The van der Waals surface area contributed by atoms with E-state index in [0.29, 0.717) is 5.75 Å². The number of hydrogen-bond acceptors (Lipinski definition) is 3. The van der Waals surface area contributed by atoms with Gasteiger partial charge in [0.1, 0.15) is 5.75 Å². The molecule has 86 valence electrons. The van der Waals surface area contributed by atoms with E-state index in [0.717, 1.165) is 30.8 Å². The van der Waals surface area contributed by atoms with Crippen molar-refractivity contribution in [3.05, 3.63) is 29.8 Å². The lowest BCUT2D eigenvalue weighted by atomic mass is 10.2. The van der Waals surface area contributed by atoms with Crippen molar-refractivity contribution >= 4 is 0 Å². The first-order valence-corrected chi connectivity index (χ1v) is 5.98. The normalized spacial score (nSPS) is 32.7. The standard InChI is InChI=1S/C13H18N2O/c14-5-11-12-7-15(8-13(11)12)6-9-2-1-3-10(16)4-9/h1-4,11-13,16H,5-8,14H2. The highest BCUT2D eigenvalue weighted by molar-refractivity contribution is 5.27. The number of rotatable bonds is 3. The molecule has 2 aliphatic rings. The molecule has 2 atom stereocenters. The molecule has 0 amide bonds. The first-order chi connectivity index (χ1) is 7.78. The highest BCUT2D eigenvalue weighted by Gasteiger charge is 2.54. The average molecular weight is 218 g/mol. The summed E-state index contributed by atoms with van der Waals surface area (Å²) in [6.45, 7) is 4.18. The topological polar surface area (TPSA) is 49.5 Å². The number of likely N-dealkylation sites (tertiary alicyclic amines) is 1. The minimum absolute atomic E-state index is 0.363. The fourth-order valence-corrected chi connectivity index (χ4v) is 3.13. The van der Waals surface area contributed by atoms with E-state index in [2.05, 4.69) is 11.0 Å². The van der Waals surface area contributed by atoms with E-state index in [1.165, 1.54) is 18.7 Å². The molecule has 1 saturated carbocycles. The molecular weight excluding hydrogens is 200 g/mol. The molecule has 0 bridgehead atoms. The van der Waals surface area contributed by atoms with Crippen molar-refractivity contribution < 1.29 is 5.11 Å². The lowest BCUT2D eigenvalue weighted by Crippen LogP contribution is -2.25. The first-order valence-electron chi connectivity index (χ1n) is 5.98. The summed E-state index contributed by atoms with van der Waals surface area (Å²) < 4.78 is 0. The fourth-order valence-electron chi connectivity index (χ4n) is 3.13. The monoisotopic (exact) mass is 218 g/mol. The van der Waals surface area contributed by atoms with Gasteiger partial charge >= 0.3 is 0 Å². The zero-order chi connectivity index (χ0) is 11.1. The third-order valence-corrected chi connectivity index (χ3v) is 4.04. The van der Waals surface area contributed by atoms with Crippen molar-refractivity contribution in [2.24, 2.45) is 23.5 Å². The molecule has 1 aliphatic carbocycles. The van der Waals surface area contributed by atoms with E-state index < -0.39 is 0 Å². The van der Waals surface area contributed by atoms with Gasteiger partial charge in [0.25, 0.3) is 0 Å². The Morgan fingerprint density at radius 1 is 1.31 bits per heavy atom. The number of aromatic hydroxyl groups is 1. The van der Waals surface area contributed by atoms with Crippen LogP contribution in [0.1, 0.15) is 5.56 Å². The molecule has 3 heteroatoms. The Bertz CT molecular complexity index is 381. The van der Waals surface area contributed by atoms with E-state index >= 15 is 0 Å². The van der Waals surface area contributed by atoms with Crippen LogP contribution in [0, 0.1) is 17.8 Å². The van der Waals surface area contributed by atoms with Gasteiger partial charge in [-0.25, -0.2) is 0 Å². The van der Waals surface area contributed by atoms with Gasteiger partial charge < -0.3 is 10.8 Å². The molecule has 1 aromatic carbocycles. The zero-order valence-electron chi connectivity index (χ0n) is 9.34. The molecule has 3 nitrogen and oxygen atoms in total. The Hall–Kier alpha value is -1.06. The largest absolute Gasteiger partial charge is 0.508 e. The molecule has 0 spiro atoms. The lowest BCUT2D eigenvalue weighted by molar-refractivity contribution is 0.278. The molecule has 0 aromatic heterocycles.